The van der Waals surface area contributed by atoms with E-state index in [9.17, 15) is 18.0 Å². The number of hydrogen-bond donors (Lipinski definition) is 0. The minimum atomic E-state index is -4.45. The molecular weight excluding hydrogens is 459 g/mol. The Labute approximate surface area is 204 Å². The molecule has 192 valence electrons. The number of rotatable bonds is 3. The number of hydrogen-bond acceptors (Lipinski definition) is 5. The van der Waals surface area contributed by atoms with Gasteiger partial charge in [-0.2, -0.15) is 13.2 Å². The summed E-state index contributed by atoms with van der Waals surface area (Å²) in [6, 6.07) is 1.69. The number of aromatic nitrogens is 1. The van der Waals surface area contributed by atoms with Crippen molar-refractivity contribution in [2.75, 3.05) is 33.4 Å². The maximum Gasteiger partial charge on any atom is 0.417 e. The summed E-state index contributed by atoms with van der Waals surface area (Å²) in [7, 11) is 1.78. The summed E-state index contributed by atoms with van der Waals surface area (Å²) < 4.78 is 51.4. The van der Waals surface area contributed by atoms with Gasteiger partial charge < -0.3 is 19.3 Å². The van der Waals surface area contributed by atoms with Crippen LogP contribution >= 0.6 is 0 Å². The van der Waals surface area contributed by atoms with Gasteiger partial charge in [-0.15, -0.1) is 0 Å². The zero-order chi connectivity index (χ0) is 24.8. The molecule has 1 saturated carbocycles. The van der Waals surface area contributed by atoms with Gasteiger partial charge in [0.05, 0.1) is 23.8 Å². The van der Waals surface area contributed by atoms with E-state index in [1.54, 1.807) is 12.0 Å². The van der Waals surface area contributed by atoms with Crippen molar-refractivity contribution in [2.45, 2.75) is 82.3 Å². The van der Waals surface area contributed by atoms with Crippen LogP contribution in [0.25, 0.3) is 0 Å². The number of carbonyl (C=O) groups excluding carboxylic acids is 1. The van der Waals surface area contributed by atoms with Crippen molar-refractivity contribution < 1.29 is 27.4 Å². The number of nitrogens with zero attached hydrogens (tertiary/aromatic N) is 3. The molecule has 4 heterocycles. The SMILES string of the molecule is COC1CCC(N2CCC3(CC2)OCC(C)=C3C(=O)N2CCc3ncc(C(F)(F)F)cc3C2)CC1. The lowest BCUT2D eigenvalue weighted by atomic mass is 9.81. The zero-order valence-corrected chi connectivity index (χ0v) is 20.5. The molecule has 1 spiro atoms. The van der Waals surface area contributed by atoms with E-state index in [1.807, 2.05) is 6.92 Å². The van der Waals surface area contributed by atoms with Crippen molar-refractivity contribution in [3.63, 3.8) is 0 Å². The first-order valence-corrected chi connectivity index (χ1v) is 12.7. The van der Waals surface area contributed by atoms with E-state index < -0.39 is 17.3 Å². The first-order chi connectivity index (χ1) is 16.7. The van der Waals surface area contributed by atoms with Gasteiger partial charge in [0.25, 0.3) is 5.91 Å². The summed E-state index contributed by atoms with van der Waals surface area (Å²) in [5.74, 6) is -0.0999. The molecule has 1 amide bonds. The number of ether oxygens (including phenoxy) is 2. The molecule has 6 nitrogen and oxygen atoms in total. The molecule has 0 radical (unpaired) electrons. The van der Waals surface area contributed by atoms with Crippen molar-refractivity contribution >= 4 is 5.91 Å². The monoisotopic (exact) mass is 493 g/mol. The third-order valence-corrected chi connectivity index (χ3v) is 8.41. The lowest BCUT2D eigenvalue weighted by Crippen LogP contribution is -2.52. The average Bonchev–Trinajstić information content (AvgIpc) is 3.18. The number of carbonyl (C=O) groups is 1. The van der Waals surface area contributed by atoms with Crippen molar-refractivity contribution in [2.24, 2.45) is 0 Å². The van der Waals surface area contributed by atoms with Crippen LogP contribution in [0.15, 0.2) is 23.4 Å². The molecule has 4 aliphatic rings. The van der Waals surface area contributed by atoms with Crippen molar-refractivity contribution in [3.8, 4) is 0 Å². The molecule has 1 aromatic heterocycles. The number of amides is 1. The summed E-state index contributed by atoms with van der Waals surface area (Å²) in [6.45, 7) is 4.74. The van der Waals surface area contributed by atoms with Crippen LogP contribution in [0, 0.1) is 0 Å². The number of alkyl halides is 3. The highest BCUT2D eigenvalue weighted by Gasteiger charge is 2.48. The minimum absolute atomic E-state index is 0.0999. The van der Waals surface area contributed by atoms with Gasteiger partial charge in [0, 0.05) is 57.6 Å². The predicted octanol–water partition coefficient (Wildman–Crippen LogP) is 4.12. The average molecular weight is 494 g/mol. The molecule has 1 aliphatic carbocycles. The second-order valence-electron chi connectivity index (χ2n) is 10.4. The fraction of sp³-hybridized carbons (Fsp3) is 0.692. The number of fused-ring (bicyclic) bond motifs is 1. The Morgan fingerprint density at radius 2 is 1.89 bits per heavy atom. The number of likely N-dealkylation sites (tertiary alicyclic amines) is 1. The van der Waals surface area contributed by atoms with Crippen LogP contribution in [0.4, 0.5) is 13.2 Å². The van der Waals surface area contributed by atoms with E-state index in [4.69, 9.17) is 9.47 Å². The smallest absolute Gasteiger partial charge is 0.381 e. The predicted molar refractivity (Wildman–Crippen MR) is 124 cm³/mol. The first kappa shape index (κ1) is 24.7. The highest BCUT2D eigenvalue weighted by atomic mass is 19.4. The van der Waals surface area contributed by atoms with Crippen LogP contribution < -0.4 is 0 Å². The normalized spacial score (nSPS) is 27.4. The van der Waals surface area contributed by atoms with Crippen molar-refractivity contribution in [3.05, 3.63) is 40.2 Å². The second-order valence-corrected chi connectivity index (χ2v) is 10.4. The highest BCUT2D eigenvalue weighted by molar-refractivity contribution is 5.97. The Hall–Kier alpha value is -1.97. The molecule has 3 aliphatic heterocycles. The Bertz CT molecular complexity index is 993. The van der Waals surface area contributed by atoms with Crippen molar-refractivity contribution in [1.29, 1.82) is 0 Å². The maximum absolute atomic E-state index is 13.7. The van der Waals surface area contributed by atoms with Crippen LogP contribution in [0.2, 0.25) is 0 Å². The molecule has 1 saturated heterocycles. The lowest BCUT2D eigenvalue weighted by molar-refractivity contribution is -0.137. The molecule has 0 unspecified atom stereocenters. The number of pyridine rings is 1. The van der Waals surface area contributed by atoms with Gasteiger partial charge in [0.2, 0.25) is 0 Å². The highest BCUT2D eigenvalue weighted by Crippen LogP contribution is 2.43. The van der Waals surface area contributed by atoms with E-state index in [1.165, 1.54) is 0 Å². The third-order valence-electron chi connectivity index (χ3n) is 8.41. The van der Waals surface area contributed by atoms with Gasteiger partial charge >= 0.3 is 6.18 Å². The number of piperidine rings is 1. The molecule has 0 bridgehead atoms. The number of halogens is 3. The largest absolute Gasteiger partial charge is 0.417 e. The maximum atomic E-state index is 13.7. The zero-order valence-electron chi connectivity index (χ0n) is 20.5. The summed E-state index contributed by atoms with van der Waals surface area (Å²) in [6.07, 6.45) is 3.23. The van der Waals surface area contributed by atoms with E-state index in [2.05, 4.69) is 9.88 Å². The molecule has 0 atom stereocenters. The van der Waals surface area contributed by atoms with Crippen LogP contribution in [-0.4, -0.2) is 71.8 Å². The first-order valence-electron chi connectivity index (χ1n) is 12.7. The van der Waals surface area contributed by atoms with E-state index >= 15 is 0 Å². The molecular formula is C26H34F3N3O3. The summed E-state index contributed by atoms with van der Waals surface area (Å²) in [4.78, 5) is 22.0. The van der Waals surface area contributed by atoms with E-state index in [0.717, 1.165) is 75.0 Å². The Kier molecular flexibility index (Phi) is 6.70. The quantitative estimate of drug-likeness (QED) is 0.634. The summed E-state index contributed by atoms with van der Waals surface area (Å²) in [5.41, 5.74) is 1.43. The van der Waals surface area contributed by atoms with Crippen LogP contribution in [0.3, 0.4) is 0 Å². The molecule has 2 fully saturated rings. The molecule has 0 N–H and O–H groups in total. The molecule has 1 aromatic rings. The number of methoxy groups -OCH3 is 1. The lowest BCUT2D eigenvalue weighted by Gasteiger charge is -2.45. The van der Waals surface area contributed by atoms with Gasteiger partial charge in [0.1, 0.15) is 5.60 Å². The minimum Gasteiger partial charge on any atom is -0.381 e. The summed E-state index contributed by atoms with van der Waals surface area (Å²) >= 11 is 0. The second kappa shape index (κ2) is 9.48. The molecule has 5 rings (SSSR count). The molecule has 9 heteroatoms. The standard InChI is InChI=1S/C26H34F3N3O3/c1-17-16-35-25(8-11-31(12-9-25)20-3-5-21(34-2)6-4-20)23(17)24(33)32-10-7-22-18(15-32)13-19(14-30-22)26(27,28)29/h13-14,20-21H,3-12,15-16H2,1-2H3. The van der Waals surface area contributed by atoms with Crippen LogP contribution in [0.5, 0.6) is 0 Å². The third kappa shape index (κ3) is 4.74. The molecule has 0 aromatic carbocycles. The fourth-order valence-corrected chi connectivity index (χ4v) is 6.36. The Balaban J connectivity index is 1.28. The van der Waals surface area contributed by atoms with E-state index in [0.29, 0.717) is 43.0 Å². The fourth-order valence-electron chi connectivity index (χ4n) is 6.36. The van der Waals surface area contributed by atoms with Gasteiger partial charge in [-0.3, -0.25) is 9.78 Å². The van der Waals surface area contributed by atoms with Gasteiger partial charge in [-0.25, -0.2) is 0 Å². The van der Waals surface area contributed by atoms with E-state index in [-0.39, 0.29) is 12.5 Å². The molecule has 35 heavy (non-hydrogen) atoms. The van der Waals surface area contributed by atoms with Gasteiger partial charge in [0.15, 0.2) is 0 Å². The Morgan fingerprint density at radius 3 is 2.54 bits per heavy atom. The van der Waals surface area contributed by atoms with Crippen LogP contribution in [-0.2, 0) is 33.4 Å². The van der Waals surface area contributed by atoms with Gasteiger partial charge in [-0.1, -0.05) is 0 Å². The van der Waals surface area contributed by atoms with Gasteiger partial charge in [-0.05, 0) is 62.7 Å². The van der Waals surface area contributed by atoms with Crippen LogP contribution in [0.1, 0.15) is 62.3 Å². The Morgan fingerprint density at radius 1 is 1.17 bits per heavy atom. The van der Waals surface area contributed by atoms with Crippen molar-refractivity contribution in [1.82, 2.24) is 14.8 Å². The summed E-state index contributed by atoms with van der Waals surface area (Å²) in [5, 5.41) is 0. The topological polar surface area (TPSA) is 54.9 Å².